The largest absolute Gasteiger partial charge is 0.365 e. The molecule has 17 heavy (non-hydrogen) atoms. The molecule has 0 aliphatic heterocycles. The Kier molecular flexibility index (Phi) is 5.85. The Labute approximate surface area is 124 Å². The molecule has 0 N–H and O–H groups in total. The molecule has 1 unspecified atom stereocenters. The molecule has 0 aromatic heterocycles. The summed E-state index contributed by atoms with van der Waals surface area (Å²) in [5.41, 5.74) is 0.913. The zero-order valence-electron chi connectivity index (χ0n) is 8.61. The Balaban J connectivity index is 2.70. The van der Waals surface area contributed by atoms with Gasteiger partial charge in [-0.05, 0) is 5.56 Å². The fourth-order valence-electron chi connectivity index (χ4n) is 0.976. The van der Waals surface area contributed by atoms with E-state index in [-0.39, 0.29) is 0 Å². The average molecular weight is 429 g/mol. The van der Waals surface area contributed by atoms with Crippen LogP contribution in [-0.4, -0.2) is 11.0 Å². The highest BCUT2D eigenvalue weighted by atomic mass is 79.9. The quantitative estimate of drug-likeness (QED) is 0.307. The van der Waals surface area contributed by atoms with Gasteiger partial charge in [-0.2, -0.15) is 4.89 Å². The molecule has 1 aromatic carbocycles. The van der Waals surface area contributed by atoms with Gasteiger partial charge in [-0.3, -0.25) is 4.89 Å². The van der Waals surface area contributed by atoms with Crippen molar-refractivity contribution in [3.63, 3.8) is 0 Å². The molecule has 6 heteroatoms. The van der Waals surface area contributed by atoms with Crippen molar-refractivity contribution in [1.82, 2.24) is 0 Å². The SMILES string of the molecule is C=CC(=O)OOC(Br)C(Br)(Br)c1ccccc1. The van der Waals surface area contributed by atoms with E-state index in [1.54, 1.807) is 0 Å². The minimum atomic E-state index is -0.706. The number of carbonyl (C=O) groups is 1. The van der Waals surface area contributed by atoms with E-state index in [1.165, 1.54) is 0 Å². The molecule has 0 saturated carbocycles. The van der Waals surface area contributed by atoms with E-state index in [2.05, 4.69) is 59.3 Å². The summed E-state index contributed by atoms with van der Waals surface area (Å²) < 4.78 is -0.706. The Morgan fingerprint density at radius 2 is 1.94 bits per heavy atom. The van der Waals surface area contributed by atoms with Gasteiger partial charge in [0.05, 0.1) is 0 Å². The molecule has 0 bridgehead atoms. The highest BCUT2D eigenvalue weighted by Crippen LogP contribution is 2.45. The first-order chi connectivity index (χ1) is 7.98. The van der Waals surface area contributed by atoms with Gasteiger partial charge >= 0.3 is 5.97 Å². The van der Waals surface area contributed by atoms with Crippen molar-refractivity contribution in [2.75, 3.05) is 0 Å². The van der Waals surface area contributed by atoms with Crippen molar-refractivity contribution in [3.05, 3.63) is 48.6 Å². The van der Waals surface area contributed by atoms with Crippen molar-refractivity contribution in [2.45, 2.75) is 8.25 Å². The average Bonchev–Trinajstić information content (AvgIpc) is 2.36. The van der Waals surface area contributed by atoms with Crippen LogP contribution in [0.1, 0.15) is 5.56 Å². The molecule has 0 radical (unpaired) electrons. The summed E-state index contributed by atoms with van der Waals surface area (Å²) in [6.45, 7) is 3.27. The van der Waals surface area contributed by atoms with Crippen LogP contribution in [0.4, 0.5) is 0 Å². The second-order valence-corrected chi connectivity index (χ2v) is 7.41. The molecule has 0 amide bonds. The van der Waals surface area contributed by atoms with Crippen molar-refractivity contribution in [1.29, 1.82) is 0 Å². The molecule has 1 rings (SSSR count). The Hall–Kier alpha value is -0.170. The van der Waals surface area contributed by atoms with E-state index in [0.717, 1.165) is 11.6 Å². The lowest BCUT2D eigenvalue weighted by molar-refractivity contribution is -0.275. The van der Waals surface area contributed by atoms with E-state index in [4.69, 9.17) is 4.89 Å². The topological polar surface area (TPSA) is 35.5 Å². The highest BCUT2D eigenvalue weighted by molar-refractivity contribution is 9.25. The maximum absolute atomic E-state index is 10.9. The summed E-state index contributed by atoms with van der Waals surface area (Å²) >= 11 is 10.2. The zero-order chi connectivity index (χ0) is 12.9. The van der Waals surface area contributed by atoms with E-state index in [0.29, 0.717) is 0 Å². The predicted octanol–water partition coefficient (Wildman–Crippen LogP) is 4.01. The first-order valence-electron chi connectivity index (χ1n) is 4.55. The number of carbonyl (C=O) groups excluding carboxylic acids is 1. The van der Waals surface area contributed by atoms with E-state index in [1.807, 2.05) is 30.3 Å². The fourth-order valence-corrected chi connectivity index (χ4v) is 2.00. The molecule has 1 aromatic rings. The van der Waals surface area contributed by atoms with Gasteiger partial charge in [0.25, 0.3) is 0 Å². The van der Waals surface area contributed by atoms with Crippen LogP contribution >= 0.6 is 47.8 Å². The molecule has 92 valence electrons. The normalized spacial score (nSPS) is 12.9. The second-order valence-electron chi connectivity index (χ2n) is 3.01. The van der Waals surface area contributed by atoms with Crippen LogP contribution in [0.25, 0.3) is 0 Å². The van der Waals surface area contributed by atoms with E-state index < -0.39 is 14.2 Å². The number of hydrogen-bond acceptors (Lipinski definition) is 3. The van der Waals surface area contributed by atoms with Gasteiger partial charge in [-0.25, -0.2) is 4.79 Å². The maximum Gasteiger partial charge on any atom is 0.365 e. The van der Waals surface area contributed by atoms with Gasteiger partial charge < -0.3 is 0 Å². The molecule has 3 nitrogen and oxygen atoms in total. The lowest BCUT2D eigenvalue weighted by Gasteiger charge is -2.25. The summed E-state index contributed by atoms with van der Waals surface area (Å²) in [4.78, 5) is 20.3. The molecule has 0 spiro atoms. The van der Waals surface area contributed by atoms with E-state index in [9.17, 15) is 4.79 Å². The Morgan fingerprint density at radius 1 is 1.35 bits per heavy atom. The number of hydrogen-bond donors (Lipinski definition) is 0. The monoisotopic (exact) mass is 426 g/mol. The lowest BCUT2D eigenvalue weighted by atomic mass is 10.2. The molecule has 0 saturated heterocycles. The van der Waals surface area contributed by atoms with Crippen LogP contribution < -0.4 is 0 Å². The summed E-state index contributed by atoms with van der Waals surface area (Å²) in [6, 6.07) is 9.48. The van der Waals surface area contributed by atoms with Gasteiger partial charge in [0.1, 0.15) is 3.23 Å². The first-order valence-corrected chi connectivity index (χ1v) is 7.05. The number of alkyl halides is 3. The van der Waals surface area contributed by atoms with Crippen LogP contribution in [0.3, 0.4) is 0 Å². The molecule has 0 aliphatic rings. The molecule has 1 atom stereocenters. The Morgan fingerprint density at radius 3 is 2.47 bits per heavy atom. The highest BCUT2D eigenvalue weighted by Gasteiger charge is 2.36. The standard InChI is InChI=1S/C11H9Br3O3/c1-2-9(15)16-17-10(12)11(13,14)8-6-4-3-5-7-8/h2-7,10H,1H2. The molecule has 0 fully saturated rings. The third-order valence-corrected chi connectivity index (χ3v) is 5.64. The molecule has 0 aliphatic carbocycles. The Bertz CT molecular complexity index is 392. The summed E-state index contributed by atoms with van der Waals surface area (Å²) in [6.07, 6.45) is 1.02. The van der Waals surface area contributed by atoms with Crippen LogP contribution in [-0.2, 0) is 17.8 Å². The van der Waals surface area contributed by atoms with Gasteiger partial charge in [-0.1, -0.05) is 84.7 Å². The van der Waals surface area contributed by atoms with Crippen LogP contribution in [0.5, 0.6) is 0 Å². The van der Waals surface area contributed by atoms with Gasteiger partial charge in [0.15, 0.2) is 5.01 Å². The van der Waals surface area contributed by atoms with E-state index >= 15 is 0 Å². The van der Waals surface area contributed by atoms with Gasteiger partial charge in [-0.15, -0.1) is 0 Å². The summed E-state index contributed by atoms with van der Waals surface area (Å²) in [5.74, 6) is -0.654. The minimum Gasteiger partial charge on any atom is -0.292 e. The van der Waals surface area contributed by atoms with Crippen LogP contribution in [0.2, 0.25) is 0 Å². The zero-order valence-corrected chi connectivity index (χ0v) is 13.4. The van der Waals surface area contributed by atoms with Crippen LogP contribution in [0.15, 0.2) is 43.0 Å². The molecular formula is C11H9Br3O3. The van der Waals surface area contributed by atoms with Crippen molar-refractivity contribution < 1.29 is 14.6 Å². The van der Waals surface area contributed by atoms with Crippen molar-refractivity contribution >= 4 is 53.8 Å². The van der Waals surface area contributed by atoms with Crippen molar-refractivity contribution in [2.24, 2.45) is 0 Å². The fraction of sp³-hybridized carbons (Fsp3) is 0.182. The number of rotatable bonds is 5. The van der Waals surface area contributed by atoms with Crippen LogP contribution in [0, 0.1) is 0 Å². The molecular weight excluding hydrogens is 420 g/mol. The number of benzene rings is 1. The summed E-state index contributed by atoms with van der Waals surface area (Å²) in [5, 5.41) is -0.610. The summed E-state index contributed by atoms with van der Waals surface area (Å²) in [7, 11) is 0. The van der Waals surface area contributed by atoms with Gasteiger partial charge in [0.2, 0.25) is 0 Å². The number of halogens is 3. The third-order valence-electron chi connectivity index (χ3n) is 1.83. The minimum absolute atomic E-state index is 0.610. The molecule has 0 heterocycles. The second kappa shape index (κ2) is 6.68. The van der Waals surface area contributed by atoms with Gasteiger partial charge in [0, 0.05) is 6.08 Å². The maximum atomic E-state index is 10.9. The van der Waals surface area contributed by atoms with Crippen molar-refractivity contribution in [3.8, 4) is 0 Å². The third kappa shape index (κ3) is 4.21. The smallest absolute Gasteiger partial charge is 0.292 e. The lowest BCUT2D eigenvalue weighted by Crippen LogP contribution is -2.26. The first kappa shape index (κ1) is 14.9. The predicted molar refractivity (Wildman–Crippen MR) is 76.1 cm³/mol.